The molecule has 0 heterocycles. The van der Waals surface area contributed by atoms with Gasteiger partial charge in [-0.2, -0.15) is 0 Å². The van der Waals surface area contributed by atoms with Gasteiger partial charge in [0.05, 0.1) is 11.4 Å². The molecule has 246 valence electrons. The normalized spacial score (nSPS) is 11.9. The maximum Gasteiger partial charge on any atom is 0.0540 e. The molecule has 7 rings (SSSR count). The van der Waals surface area contributed by atoms with E-state index in [9.17, 15) is 0 Å². The first-order valence-corrected chi connectivity index (χ1v) is 17.2. The maximum absolute atomic E-state index is 4.26. The van der Waals surface area contributed by atoms with Gasteiger partial charge < -0.3 is 9.80 Å². The van der Waals surface area contributed by atoms with E-state index in [-0.39, 0.29) is 0 Å². The molecule has 0 amide bonds. The van der Waals surface area contributed by atoms with Gasteiger partial charge in [0.25, 0.3) is 0 Å². The SMILES string of the molecule is C=C/C(=c1/cccc/c1=C/C)N(c1ccc(C=C)cc1)c1ccc(-c2ccc(N(c3ccc(C=C)cc3)c3cccc4ccccc34)cc2)cc1. The molecule has 0 bridgehead atoms. The first-order chi connectivity index (χ1) is 25.1. The van der Waals surface area contributed by atoms with Crippen LogP contribution in [0.4, 0.5) is 28.4 Å². The van der Waals surface area contributed by atoms with E-state index in [1.165, 1.54) is 10.8 Å². The van der Waals surface area contributed by atoms with Crippen molar-refractivity contribution in [3.63, 3.8) is 0 Å². The van der Waals surface area contributed by atoms with Crippen molar-refractivity contribution >= 4 is 63.1 Å². The highest BCUT2D eigenvalue weighted by Crippen LogP contribution is 2.40. The van der Waals surface area contributed by atoms with Crippen LogP contribution in [0.1, 0.15) is 18.1 Å². The summed E-state index contributed by atoms with van der Waals surface area (Å²) in [5.41, 5.74) is 10.9. The minimum Gasteiger partial charge on any atom is -0.310 e. The Hall–Kier alpha value is -6.64. The highest BCUT2D eigenvalue weighted by molar-refractivity contribution is 5.99. The van der Waals surface area contributed by atoms with E-state index in [2.05, 4.69) is 206 Å². The molecule has 0 radical (unpaired) electrons. The first kappa shape index (κ1) is 32.9. The molecule has 0 saturated carbocycles. The topological polar surface area (TPSA) is 6.48 Å². The molecule has 51 heavy (non-hydrogen) atoms. The van der Waals surface area contributed by atoms with Gasteiger partial charge in [0.2, 0.25) is 0 Å². The van der Waals surface area contributed by atoms with E-state index in [4.69, 9.17) is 0 Å². The maximum atomic E-state index is 4.26. The largest absolute Gasteiger partial charge is 0.310 e. The zero-order chi connectivity index (χ0) is 35.2. The van der Waals surface area contributed by atoms with E-state index < -0.39 is 0 Å². The average Bonchev–Trinajstić information content (AvgIpc) is 3.21. The Morgan fingerprint density at radius 3 is 1.55 bits per heavy atom. The molecule has 0 unspecified atom stereocenters. The predicted molar refractivity (Wildman–Crippen MR) is 222 cm³/mol. The van der Waals surface area contributed by atoms with Gasteiger partial charge in [0.1, 0.15) is 0 Å². The van der Waals surface area contributed by atoms with Crippen LogP contribution in [0, 0.1) is 0 Å². The summed E-state index contributed by atoms with van der Waals surface area (Å²) >= 11 is 0. The van der Waals surface area contributed by atoms with Crippen LogP contribution in [0.25, 0.3) is 45.8 Å². The fraction of sp³-hybridized carbons (Fsp3) is 0.0204. The van der Waals surface area contributed by atoms with Crippen LogP contribution in [0.15, 0.2) is 190 Å². The van der Waals surface area contributed by atoms with Crippen LogP contribution in [0.3, 0.4) is 0 Å². The van der Waals surface area contributed by atoms with Gasteiger partial charge in [-0.05, 0) is 100 Å². The fourth-order valence-electron chi connectivity index (χ4n) is 6.69. The summed E-state index contributed by atoms with van der Waals surface area (Å²) in [7, 11) is 0. The third-order valence-electron chi connectivity index (χ3n) is 9.35. The Kier molecular flexibility index (Phi) is 9.58. The number of hydrogen-bond donors (Lipinski definition) is 0. The standard InChI is InChI=1S/C49H40N2/c1-5-36-20-28-42(29-21-36)50(48(8-4)46-17-11-9-14-38(46)7-3)44-32-24-39(25-33-44)40-26-34-45(35-27-40)51(43-30-22-37(6-2)23-31-43)49-19-13-16-41-15-10-12-18-47(41)49/h5-35H,1-2,4H2,3H3/b38-7-,48-46+. The van der Waals surface area contributed by atoms with Crippen LogP contribution in [-0.2, 0) is 0 Å². The third-order valence-corrected chi connectivity index (χ3v) is 9.35. The Morgan fingerprint density at radius 1 is 0.490 bits per heavy atom. The van der Waals surface area contributed by atoms with E-state index >= 15 is 0 Å². The molecule has 7 aromatic rings. The fourth-order valence-corrected chi connectivity index (χ4v) is 6.69. The molecule has 0 aliphatic heterocycles. The Labute approximate surface area is 301 Å². The van der Waals surface area contributed by atoms with Crippen molar-refractivity contribution in [2.75, 3.05) is 9.80 Å². The highest BCUT2D eigenvalue weighted by Gasteiger charge is 2.17. The van der Waals surface area contributed by atoms with Crippen molar-refractivity contribution in [3.8, 4) is 11.1 Å². The monoisotopic (exact) mass is 656 g/mol. The highest BCUT2D eigenvalue weighted by atomic mass is 15.1. The molecule has 0 saturated heterocycles. The molecule has 0 aliphatic rings. The van der Waals surface area contributed by atoms with Crippen LogP contribution < -0.4 is 20.2 Å². The predicted octanol–water partition coefficient (Wildman–Crippen LogP) is 12.2. The van der Waals surface area contributed by atoms with Gasteiger partial charge in [-0.1, -0.05) is 147 Å². The van der Waals surface area contributed by atoms with Crippen LogP contribution in [0.2, 0.25) is 0 Å². The molecule has 0 aromatic heterocycles. The molecule has 0 N–H and O–H groups in total. The number of benzene rings is 7. The van der Waals surface area contributed by atoms with Crippen molar-refractivity contribution in [1.82, 2.24) is 0 Å². The van der Waals surface area contributed by atoms with Gasteiger partial charge in [-0.15, -0.1) is 0 Å². The molecule has 2 nitrogen and oxygen atoms in total. The molecule has 7 aromatic carbocycles. The smallest absolute Gasteiger partial charge is 0.0540 e. The first-order valence-electron chi connectivity index (χ1n) is 17.2. The van der Waals surface area contributed by atoms with Crippen molar-refractivity contribution in [2.24, 2.45) is 0 Å². The molecular formula is C49H40N2. The number of rotatable bonds is 10. The lowest BCUT2D eigenvalue weighted by molar-refractivity contribution is 1.28. The molecular weight excluding hydrogens is 617 g/mol. The minimum absolute atomic E-state index is 1.02. The van der Waals surface area contributed by atoms with Gasteiger partial charge in [-0.3, -0.25) is 0 Å². The molecule has 2 heteroatoms. The second-order valence-corrected chi connectivity index (χ2v) is 12.3. The van der Waals surface area contributed by atoms with Crippen molar-refractivity contribution in [3.05, 3.63) is 211 Å². The second-order valence-electron chi connectivity index (χ2n) is 12.3. The van der Waals surface area contributed by atoms with Gasteiger partial charge in [0, 0.05) is 33.4 Å². The number of hydrogen-bond acceptors (Lipinski definition) is 2. The summed E-state index contributed by atoms with van der Waals surface area (Å²) in [5.74, 6) is 0. The van der Waals surface area contributed by atoms with Crippen molar-refractivity contribution < 1.29 is 0 Å². The van der Waals surface area contributed by atoms with Gasteiger partial charge >= 0.3 is 0 Å². The van der Waals surface area contributed by atoms with Crippen LogP contribution >= 0.6 is 0 Å². The summed E-state index contributed by atoms with van der Waals surface area (Å²) in [6.07, 6.45) is 7.83. The van der Waals surface area contributed by atoms with E-state index in [0.29, 0.717) is 0 Å². The van der Waals surface area contributed by atoms with Gasteiger partial charge in [0.15, 0.2) is 0 Å². The van der Waals surface area contributed by atoms with E-state index in [0.717, 1.165) is 66.8 Å². The lowest BCUT2D eigenvalue weighted by Crippen LogP contribution is -2.31. The van der Waals surface area contributed by atoms with Crippen molar-refractivity contribution in [2.45, 2.75) is 6.92 Å². The number of anilines is 5. The van der Waals surface area contributed by atoms with Crippen LogP contribution in [0.5, 0.6) is 0 Å². The summed E-state index contributed by atoms with van der Waals surface area (Å²) < 4.78 is 0. The minimum atomic E-state index is 1.02. The van der Waals surface area contributed by atoms with E-state index in [1.54, 1.807) is 0 Å². The third kappa shape index (κ3) is 6.68. The number of nitrogens with zero attached hydrogens (tertiary/aromatic N) is 2. The summed E-state index contributed by atoms with van der Waals surface area (Å²) in [6.45, 7) is 14.2. The Morgan fingerprint density at radius 2 is 0.980 bits per heavy atom. The Balaban J connectivity index is 1.28. The summed E-state index contributed by atoms with van der Waals surface area (Å²) in [4.78, 5) is 4.60. The number of fused-ring (bicyclic) bond motifs is 1. The molecule has 0 fully saturated rings. The molecule has 0 atom stereocenters. The van der Waals surface area contributed by atoms with Crippen LogP contribution in [-0.4, -0.2) is 0 Å². The summed E-state index contributed by atoms with van der Waals surface area (Å²) in [5, 5.41) is 4.69. The van der Waals surface area contributed by atoms with Gasteiger partial charge in [-0.25, -0.2) is 0 Å². The molecule has 0 spiro atoms. The second kappa shape index (κ2) is 14.9. The van der Waals surface area contributed by atoms with E-state index in [1.807, 2.05) is 18.2 Å². The summed E-state index contributed by atoms with van der Waals surface area (Å²) in [6, 6.07) is 58.1. The average molecular weight is 657 g/mol. The lowest BCUT2D eigenvalue weighted by atomic mass is 10.0. The lowest BCUT2D eigenvalue weighted by Gasteiger charge is -2.27. The quantitative estimate of drug-likeness (QED) is 0.145. The zero-order valence-electron chi connectivity index (χ0n) is 28.9. The van der Waals surface area contributed by atoms with Crippen molar-refractivity contribution in [1.29, 1.82) is 0 Å². The molecule has 0 aliphatic carbocycles. The zero-order valence-corrected chi connectivity index (χ0v) is 28.9. The Bertz CT molecular complexity index is 2450.